The van der Waals surface area contributed by atoms with Crippen molar-refractivity contribution in [3.8, 4) is 23.0 Å². The van der Waals surface area contributed by atoms with E-state index < -0.39 is 94.7 Å². The highest BCUT2D eigenvalue weighted by atomic mass is 16.7. The smallest absolute Gasteiger partial charge is 0.312 e. The quantitative estimate of drug-likeness (QED) is 0.0253. The van der Waals surface area contributed by atoms with E-state index in [2.05, 4.69) is 30.3 Å². The standard InChI is InChI=1S/C43H58N4O12.C6H7N3O.C5H5N3O/c1-21-12-11-13-22(2)42(55)45-33-28(20-44-47-17-15-46(9)16-18-47)37(52)30-31(38(33)53)36(51)26(6)40-32(30)41(54)43(8,59-40)57-19-14-29(56-10)23(3)39(58-27(7)48)25(5)35(50)24(4)34(21)49;7-9-6(10)5-1-3-8-4-2-5;6-5(9)4-3-7-1-2-8-4/h11-14,19-21,23-25,29,34-35,39,49-53H,15-18H2,1-10H3,(H,45,55);1-4H,7H2,(H,9,10);1-3H,(H2,6,9)/b12-11-,19-14-,22-13-,44-20-;;/t21-,23+,24+,25+,29-,34-,35+,39+,43+;;/m0../s1. The van der Waals surface area contributed by atoms with Crippen LogP contribution in [0.4, 0.5) is 5.69 Å². The third-order valence-electron chi connectivity index (χ3n) is 13.8. The molecule has 2 aromatic carbocycles. The lowest BCUT2D eigenvalue weighted by Crippen LogP contribution is -2.46. The average molecular weight is 1080 g/mol. The number of nitrogens with zero attached hydrogens (tertiary/aromatic N) is 6. The van der Waals surface area contributed by atoms with Gasteiger partial charge in [-0.25, -0.2) is 10.8 Å². The van der Waals surface area contributed by atoms with E-state index in [1.54, 1.807) is 57.0 Å². The number of anilines is 1. The molecule has 5 bridgehead atoms. The number of fused-ring (bicyclic) bond motifs is 14. The van der Waals surface area contributed by atoms with Gasteiger partial charge >= 0.3 is 11.8 Å². The van der Waals surface area contributed by atoms with Gasteiger partial charge in [-0.05, 0) is 39.1 Å². The Morgan fingerprint density at radius 1 is 0.910 bits per heavy atom. The number of allylic oxidation sites excluding steroid dienone is 2. The minimum Gasteiger partial charge on any atom is -0.507 e. The number of Topliss-reactive ketones (excluding diaryl/α,β-unsaturated/α-hetero) is 1. The van der Waals surface area contributed by atoms with Gasteiger partial charge in [0.05, 0.1) is 59.2 Å². The molecule has 4 aliphatic heterocycles. The number of pyridine rings is 1. The van der Waals surface area contributed by atoms with Crippen LogP contribution < -0.4 is 27.1 Å². The number of nitrogens with two attached hydrogens (primary N) is 2. The fraction of sp³-hybridized carbons (Fsp3) is 0.426. The maximum absolute atomic E-state index is 14.4. The van der Waals surface area contributed by atoms with Crippen molar-refractivity contribution in [2.24, 2.45) is 40.3 Å². The molecular formula is C54H70N10O14. The molecule has 1 fully saturated rings. The number of hydrogen-bond acceptors (Lipinski definition) is 21. The second kappa shape index (κ2) is 26.8. The van der Waals surface area contributed by atoms with Gasteiger partial charge in [0, 0.05) is 118 Å². The Bertz CT molecular complexity index is 2930. The zero-order valence-electron chi connectivity index (χ0n) is 45.2. The maximum Gasteiger partial charge on any atom is 0.312 e. The molecule has 2 aromatic heterocycles. The van der Waals surface area contributed by atoms with Crippen molar-refractivity contribution in [1.29, 1.82) is 0 Å². The summed E-state index contributed by atoms with van der Waals surface area (Å²) >= 11 is 0. The van der Waals surface area contributed by atoms with Gasteiger partial charge in [0.2, 0.25) is 0 Å². The van der Waals surface area contributed by atoms with Gasteiger partial charge < -0.3 is 60.4 Å². The number of aromatic hydroxyl groups is 3. The molecule has 78 heavy (non-hydrogen) atoms. The fourth-order valence-corrected chi connectivity index (χ4v) is 8.94. The summed E-state index contributed by atoms with van der Waals surface area (Å²) in [5, 5.41) is 66.8. The van der Waals surface area contributed by atoms with E-state index in [0.717, 1.165) is 13.1 Å². The van der Waals surface area contributed by atoms with Crippen LogP contribution in [0.15, 0.2) is 84.4 Å². The number of hydrazine groups is 1. The minimum absolute atomic E-state index is 0.0559. The Hall–Kier alpha value is -8.03. The number of hydrogen-bond donors (Lipinski definition) is 9. The number of aliphatic hydroxyl groups excluding tert-OH is 2. The number of nitrogen functional groups attached to an aromatic ring is 1. The van der Waals surface area contributed by atoms with Gasteiger partial charge in [0.25, 0.3) is 23.5 Å². The number of hydrazone groups is 1. The SMILES string of the molecule is CO[C@H]1/C=C\O[C@]2(C)Oc3c(C)c(O)c4c(O)c(c(/C=N\N5CCN(C)CC5)c(O)c4c3C2=O)NC(=O)/C(C)=C\C=C/[C@H](C)[C@H](O)[C@@H](C)[C@@H](O)[C@@H](C)[C@H](OC(C)=O)[C@@H]1C.NC(=O)c1cnccn1.NNC(=O)c1ccncc1. The molecule has 24 heteroatoms. The molecule has 0 radical (unpaired) electrons. The van der Waals surface area contributed by atoms with E-state index >= 15 is 0 Å². The molecular weight excluding hydrogens is 1010 g/mol. The fourth-order valence-electron chi connectivity index (χ4n) is 8.94. The molecule has 1 saturated heterocycles. The molecule has 8 rings (SSSR count). The van der Waals surface area contributed by atoms with E-state index in [9.17, 15) is 49.5 Å². The Morgan fingerprint density at radius 3 is 2.15 bits per heavy atom. The first-order valence-corrected chi connectivity index (χ1v) is 24.9. The molecule has 0 spiro atoms. The van der Waals surface area contributed by atoms with Gasteiger partial charge in [-0.2, -0.15) is 5.10 Å². The number of aliphatic hydroxyl groups is 2. The number of carbonyl (C=O) groups is 5. The first-order chi connectivity index (χ1) is 36.9. The lowest BCUT2D eigenvalue weighted by Gasteiger charge is -2.38. The molecule has 0 saturated carbocycles. The summed E-state index contributed by atoms with van der Waals surface area (Å²) in [7, 11) is 3.42. The maximum atomic E-state index is 14.4. The van der Waals surface area contributed by atoms with Gasteiger partial charge in [-0.15, -0.1) is 0 Å². The second-order valence-corrected chi connectivity index (χ2v) is 19.3. The van der Waals surface area contributed by atoms with Crippen molar-refractivity contribution in [2.45, 2.75) is 85.6 Å². The van der Waals surface area contributed by atoms with Crippen LogP contribution >= 0.6 is 0 Å². The summed E-state index contributed by atoms with van der Waals surface area (Å²) in [5.41, 5.74) is 7.24. The first kappa shape index (κ1) is 60.8. The number of benzene rings is 2. The molecule has 3 amide bonds. The number of phenols is 3. The second-order valence-electron chi connectivity index (χ2n) is 19.3. The number of likely N-dealkylation sites (N-methyl/N-ethyl adjacent to an activating group) is 1. The number of aromatic nitrogens is 3. The molecule has 11 N–H and O–H groups in total. The van der Waals surface area contributed by atoms with Crippen LogP contribution in [0.2, 0.25) is 0 Å². The molecule has 4 aliphatic rings. The predicted octanol–water partition coefficient (Wildman–Crippen LogP) is 3.60. The third kappa shape index (κ3) is 14.1. The zero-order chi connectivity index (χ0) is 57.8. The molecule has 24 nitrogen and oxygen atoms in total. The topological polar surface area (TPSA) is 357 Å². The number of rotatable bonds is 6. The zero-order valence-corrected chi connectivity index (χ0v) is 45.2. The summed E-state index contributed by atoms with van der Waals surface area (Å²) in [6.45, 7) is 15.1. The number of phenolic OH excluding ortho intramolecular Hbond substituents is 3. The third-order valence-corrected chi connectivity index (χ3v) is 13.8. The van der Waals surface area contributed by atoms with Gasteiger partial charge in [-0.3, -0.25) is 44.4 Å². The number of methoxy groups -OCH3 is 1. The largest absolute Gasteiger partial charge is 0.507 e. The van der Waals surface area contributed by atoms with Crippen LogP contribution in [0.1, 0.15) is 90.8 Å². The average Bonchev–Trinajstić information content (AvgIpc) is 3.83. The number of nitrogens with one attached hydrogen (secondary N) is 2. The van der Waals surface area contributed by atoms with E-state index in [1.807, 2.05) is 12.5 Å². The highest BCUT2D eigenvalue weighted by Crippen LogP contribution is 2.55. The highest BCUT2D eigenvalue weighted by molar-refractivity contribution is 6.24. The molecule has 0 unspecified atom stereocenters. The van der Waals surface area contributed by atoms with Crippen molar-refractivity contribution < 1.29 is 68.5 Å². The lowest BCUT2D eigenvalue weighted by molar-refractivity contribution is -0.160. The van der Waals surface area contributed by atoms with Crippen LogP contribution in [0.25, 0.3) is 10.8 Å². The van der Waals surface area contributed by atoms with Crippen molar-refractivity contribution in [1.82, 2.24) is 30.3 Å². The predicted molar refractivity (Wildman–Crippen MR) is 287 cm³/mol. The van der Waals surface area contributed by atoms with Crippen LogP contribution in [0.3, 0.4) is 0 Å². The molecule has 420 valence electrons. The van der Waals surface area contributed by atoms with Crippen LogP contribution in [-0.4, -0.2) is 157 Å². The van der Waals surface area contributed by atoms with Crippen molar-refractivity contribution in [3.63, 3.8) is 0 Å². The monoisotopic (exact) mass is 1080 g/mol. The number of ether oxygens (including phenoxy) is 4. The van der Waals surface area contributed by atoms with Crippen LogP contribution in [0, 0.1) is 30.6 Å². The molecule has 6 heterocycles. The van der Waals surface area contributed by atoms with E-state index in [4.69, 9.17) is 30.5 Å². The number of esters is 1. The number of primary amides is 1. The van der Waals surface area contributed by atoms with Gasteiger partial charge in [-0.1, -0.05) is 45.9 Å². The summed E-state index contributed by atoms with van der Waals surface area (Å²) in [5.74, 6) is -4.31. The summed E-state index contributed by atoms with van der Waals surface area (Å²) < 4.78 is 23.6. The highest BCUT2D eigenvalue weighted by Gasteiger charge is 2.50. The normalized spacial score (nSPS) is 26.4. The number of piperazine rings is 1. The van der Waals surface area contributed by atoms with E-state index in [1.165, 1.54) is 90.4 Å². The van der Waals surface area contributed by atoms with E-state index in [0.29, 0.717) is 18.7 Å². The number of ketones is 1. The Labute approximate surface area is 451 Å². The van der Waals surface area contributed by atoms with Crippen molar-refractivity contribution in [3.05, 3.63) is 107 Å². The Kier molecular flexibility index (Phi) is 20.9. The number of carbonyl (C=O) groups excluding carboxylic acids is 5. The first-order valence-electron chi connectivity index (χ1n) is 24.9. The van der Waals surface area contributed by atoms with E-state index in [-0.39, 0.29) is 56.1 Å². The van der Waals surface area contributed by atoms with Crippen molar-refractivity contribution >= 4 is 52.1 Å². The molecule has 4 aromatic rings. The summed E-state index contributed by atoms with van der Waals surface area (Å²) in [6, 6.07) is 3.17. The summed E-state index contributed by atoms with van der Waals surface area (Å²) in [6.07, 6.45) is 12.1. The van der Waals surface area contributed by atoms with Crippen LogP contribution in [0.5, 0.6) is 23.0 Å². The summed E-state index contributed by atoms with van der Waals surface area (Å²) in [4.78, 5) is 74.7. The van der Waals surface area contributed by atoms with Crippen molar-refractivity contribution in [2.75, 3.05) is 45.7 Å². The van der Waals surface area contributed by atoms with Gasteiger partial charge in [0.1, 0.15) is 29.0 Å². The Balaban J connectivity index is 0.000000491. The van der Waals surface area contributed by atoms with Gasteiger partial charge in [0.15, 0.2) is 5.75 Å². The Morgan fingerprint density at radius 2 is 1.58 bits per heavy atom. The molecule has 0 aliphatic carbocycles. The minimum atomic E-state index is -2.04. The lowest BCUT2D eigenvalue weighted by atomic mass is 9.78. The molecule has 9 atom stereocenters. The van der Waals surface area contributed by atoms with Crippen LogP contribution in [-0.2, 0) is 23.8 Å². The number of amides is 3.